The fourth-order valence-electron chi connectivity index (χ4n) is 3.03. The number of carbonyl (C=O) groups is 1. The first-order valence-electron chi connectivity index (χ1n) is 7.99. The monoisotopic (exact) mass is 374 g/mol. The molecule has 1 aliphatic rings. The number of benzene rings is 2. The molecule has 1 N–H and O–H groups in total. The number of amides is 1. The minimum absolute atomic E-state index is 0.0633. The highest BCUT2D eigenvalue weighted by atomic mass is 19.4. The van der Waals surface area contributed by atoms with E-state index in [1.165, 1.54) is 19.2 Å². The van der Waals surface area contributed by atoms with Crippen molar-refractivity contribution in [3.8, 4) is 16.9 Å². The molecule has 1 aliphatic heterocycles. The lowest BCUT2D eigenvalue weighted by molar-refractivity contribution is -0.137. The van der Waals surface area contributed by atoms with Crippen LogP contribution in [0.3, 0.4) is 0 Å². The smallest absolute Gasteiger partial charge is 0.416 e. The number of nitrogens with zero attached hydrogens (tertiary/aromatic N) is 1. The summed E-state index contributed by atoms with van der Waals surface area (Å²) in [6, 6.07) is 10.2. The van der Waals surface area contributed by atoms with Crippen molar-refractivity contribution in [3.63, 3.8) is 0 Å². The van der Waals surface area contributed by atoms with E-state index in [-0.39, 0.29) is 6.61 Å². The molecule has 0 spiro atoms. The molecule has 0 saturated heterocycles. The van der Waals surface area contributed by atoms with Crippen LogP contribution >= 0.6 is 0 Å². The van der Waals surface area contributed by atoms with Crippen LogP contribution in [0, 0.1) is 0 Å². The molecule has 3 aromatic rings. The Balaban J connectivity index is 1.90. The molecule has 0 saturated carbocycles. The maximum atomic E-state index is 12.8. The van der Waals surface area contributed by atoms with Crippen LogP contribution < -0.4 is 10.1 Å². The fourth-order valence-corrected chi connectivity index (χ4v) is 3.03. The van der Waals surface area contributed by atoms with Crippen molar-refractivity contribution < 1.29 is 27.4 Å². The number of hydrogen-bond donors (Lipinski definition) is 1. The lowest BCUT2D eigenvalue weighted by atomic mass is 9.97. The second-order valence-electron chi connectivity index (χ2n) is 5.98. The number of methoxy groups -OCH3 is 1. The fraction of sp³-hybridized carbons (Fsp3) is 0.158. The van der Waals surface area contributed by atoms with Gasteiger partial charge in [-0.3, -0.25) is 5.32 Å². The van der Waals surface area contributed by atoms with Gasteiger partial charge in [0.2, 0.25) is 0 Å². The topological polar surface area (TPSA) is 60.5 Å². The Hall–Kier alpha value is -3.29. The van der Waals surface area contributed by atoms with Crippen LogP contribution in [0.1, 0.15) is 11.1 Å². The van der Waals surface area contributed by atoms with Crippen LogP contribution in [0.5, 0.6) is 5.75 Å². The predicted octanol–water partition coefficient (Wildman–Crippen LogP) is 4.99. The standard InChI is InChI=1S/C19H13F3N2O3/c1-26-15-7-6-13(10-2-4-12(5-3-10)19(20,21)22)14-8-11-9-27-18(25)24-17(11)23-16(14)15/h2-8H,9H2,1H3,(H,23,24,25). The summed E-state index contributed by atoms with van der Waals surface area (Å²) in [7, 11) is 1.50. The summed E-state index contributed by atoms with van der Waals surface area (Å²) >= 11 is 0. The number of alkyl halides is 3. The minimum atomic E-state index is -4.39. The van der Waals surface area contributed by atoms with Crippen LogP contribution in [0.2, 0.25) is 0 Å². The molecule has 0 radical (unpaired) electrons. The molecule has 5 nitrogen and oxygen atoms in total. The van der Waals surface area contributed by atoms with Crippen molar-refractivity contribution in [1.29, 1.82) is 0 Å². The Morgan fingerprint density at radius 2 is 1.89 bits per heavy atom. The molecular weight excluding hydrogens is 361 g/mol. The molecule has 0 atom stereocenters. The predicted molar refractivity (Wildman–Crippen MR) is 92.5 cm³/mol. The van der Waals surface area contributed by atoms with Gasteiger partial charge in [-0.1, -0.05) is 12.1 Å². The lowest BCUT2D eigenvalue weighted by Gasteiger charge is -2.19. The van der Waals surface area contributed by atoms with Crippen LogP contribution in [0.25, 0.3) is 22.0 Å². The first-order chi connectivity index (χ1) is 12.9. The van der Waals surface area contributed by atoms with E-state index in [0.29, 0.717) is 39.2 Å². The van der Waals surface area contributed by atoms with Gasteiger partial charge in [0, 0.05) is 10.9 Å². The zero-order valence-corrected chi connectivity index (χ0v) is 14.1. The summed E-state index contributed by atoms with van der Waals surface area (Å²) in [4.78, 5) is 15.9. The van der Waals surface area contributed by atoms with E-state index < -0.39 is 17.8 Å². The first-order valence-corrected chi connectivity index (χ1v) is 7.99. The maximum absolute atomic E-state index is 12.8. The third-order valence-electron chi connectivity index (χ3n) is 4.35. The Morgan fingerprint density at radius 1 is 1.15 bits per heavy atom. The van der Waals surface area contributed by atoms with Crippen molar-refractivity contribution in [2.24, 2.45) is 0 Å². The zero-order valence-electron chi connectivity index (χ0n) is 14.1. The molecule has 0 bridgehead atoms. The van der Waals surface area contributed by atoms with E-state index in [4.69, 9.17) is 9.47 Å². The quantitative estimate of drug-likeness (QED) is 0.686. The summed E-state index contributed by atoms with van der Waals surface area (Å²) in [5.74, 6) is 0.867. The van der Waals surface area contributed by atoms with Gasteiger partial charge in [-0.2, -0.15) is 13.2 Å². The molecule has 1 amide bonds. The average Bonchev–Trinajstić information content (AvgIpc) is 2.65. The molecule has 27 heavy (non-hydrogen) atoms. The van der Waals surface area contributed by atoms with Gasteiger partial charge in [-0.25, -0.2) is 9.78 Å². The number of pyridine rings is 1. The number of nitrogens with one attached hydrogen (secondary N) is 1. The molecule has 8 heteroatoms. The van der Waals surface area contributed by atoms with Crippen molar-refractivity contribution in [2.75, 3.05) is 12.4 Å². The Bertz CT molecular complexity index is 1050. The highest BCUT2D eigenvalue weighted by Gasteiger charge is 2.30. The van der Waals surface area contributed by atoms with Gasteiger partial charge in [0.05, 0.1) is 12.7 Å². The van der Waals surface area contributed by atoms with Crippen molar-refractivity contribution >= 4 is 22.8 Å². The van der Waals surface area contributed by atoms with Gasteiger partial charge in [-0.15, -0.1) is 0 Å². The van der Waals surface area contributed by atoms with E-state index in [1.54, 1.807) is 18.2 Å². The Kier molecular flexibility index (Phi) is 3.91. The highest BCUT2D eigenvalue weighted by molar-refractivity contribution is 6.00. The van der Waals surface area contributed by atoms with E-state index in [0.717, 1.165) is 12.1 Å². The summed E-state index contributed by atoms with van der Waals surface area (Å²) < 4.78 is 48.8. The number of fused-ring (bicyclic) bond motifs is 2. The largest absolute Gasteiger partial charge is 0.494 e. The second-order valence-corrected chi connectivity index (χ2v) is 5.98. The number of hydrogen-bond acceptors (Lipinski definition) is 4. The van der Waals surface area contributed by atoms with E-state index in [2.05, 4.69) is 10.3 Å². The molecule has 0 aliphatic carbocycles. The summed E-state index contributed by atoms with van der Waals surface area (Å²) in [5.41, 5.74) is 1.76. The molecule has 0 fully saturated rings. The Morgan fingerprint density at radius 3 is 2.56 bits per heavy atom. The van der Waals surface area contributed by atoms with Gasteiger partial charge in [0.1, 0.15) is 23.7 Å². The summed E-state index contributed by atoms with van der Waals surface area (Å²) in [6.45, 7) is 0.0633. The normalized spacial score (nSPS) is 13.7. The third-order valence-corrected chi connectivity index (χ3v) is 4.35. The lowest BCUT2D eigenvalue weighted by Crippen LogP contribution is -2.21. The minimum Gasteiger partial charge on any atom is -0.494 e. The van der Waals surface area contributed by atoms with Crippen LogP contribution in [-0.4, -0.2) is 18.2 Å². The van der Waals surface area contributed by atoms with E-state index >= 15 is 0 Å². The second kappa shape index (κ2) is 6.15. The van der Waals surface area contributed by atoms with Crippen molar-refractivity contribution in [1.82, 2.24) is 4.98 Å². The van der Waals surface area contributed by atoms with Gasteiger partial charge in [0.15, 0.2) is 0 Å². The van der Waals surface area contributed by atoms with Crippen molar-refractivity contribution in [2.45, 2.75) is 12.8 Å². The SMILES string of the molecule is COc1ccc(-c2ccc(C(F)(F)F)cc2)c2cc3c(nc12)NC(=O)OC3. The maximum Gasteiger partial charge on any atom is 0.416 e. The molecule has 4 rings (SSSR count). The number of anilines is 1. The van der Waals surface area contributed by atoms with Gasteiger partial charge < -0.3 is 9.47 Å². The van der Waals surface area contributed by atoms with Gasteiger partial charge >= 0.3 is 12.3 Å². The molecule has 2 aromatic carbocycles. The molecule has 2 heterocycles. The summed E-state index contributed by atoms with van der Waals surface area (Å²) in [6.07, 6.45) is -4.98. The zero-order chi connectivity index (χ0) is 19.2. The average molecular weight is 374 g/mol. The number of ether oxygens (including phenoxy) is 2. The number of rotatable bonds is 2. The third kappa shape index (κ3) is 3.03. The number of carbonyl (C=O) groups excluding carboxylic acids is 1. The number of aromatic nitrogens is 1. The van der Waals surface area contributed by atoms with Gasteiger partial charge in [-0.05, 0) is 41.5 Å². The highest BCUT2D eigenvalue weighted by Crippen LogP contribution is 2.38. The molecule has 138 valence electrons. The van der Waals surface area contributed by atoms with Crippen molar-refractivity contribution in [3.05, 3.63) is 53.6 Å². The van der Waals surface area contributed by atoms with Crippen LogP contribution in [-0.2, 0) is 17.5 Å². The number of halogens is 3. The van der Waals surface area contributed by atoms with Crippen LogP contribution in [0.15, 0.2) is 42.5 Å². The molecular formula is C19H13F3N2O3. The molecule has 1 aromatic heterocycles. The first kappa shape index (κ1) is 17.1. The molecule has 0 unspecified atom stereocenters. The van der Waals surface area contributed by atoms with Crippen LogP contribution in [0.4, 0.5) is 23.8 Å². The van der Waals surface area contributed by atoms with E-state index in [1.807, 2.05) is 0 Å². The van der Waals surface area contributed by atoms with Gasteiger partial charge in [0.25, 0.3) is 0 Å². The summed E-state index contributed by atoms with van der Waals surface area (Å²) in [5, 5.41) is 3.22. The van der Waals surface area contributed by atoms with E-state index in [9.17, 15) is 18.0 Å². The Labute approximate surface area is 151 Å². The number of cyclic esters (lactones) is 1.